The molecule has 0 amide bonds. The van der Waals surface area contributed by atoms with Crippen LogP contribution in [0.4, 0.5) is 0 Å². The summed E-state index contributed by atoms with van der Waals surface area (Å²) in [6.07, 6.45) is 0. The molecule has 0 spiro atoms. The average molecular weight is 118 g/mol. The standard InChI is InChI=1S/C4H9NO.CH5N/c1-4(6)3-5-2;1-2/h5H,3H2,1-2H3;2H2,1H3. The third-order valence-electron chi connectivity index (χ3n) is 0.426. The molecule has 0 radical (unpaired) electrons. The molecule has 3 N–H and O–H groups in total. The van der Waals surface area contributed by atoms with Crippen LogP contribution < -0.4 is 11.1 Å². The van der Waals surface area contributed by atoms with Crippen LogP contribution in [-0.2, 0) is 4.79 Å². The van der Waals surface area contributed by atoms with Gasteiger partial charge in [0.2, 0.25) is 0 Å². The van der Waals surface area contributed by atoms with Crippen molar-refractivity contribution in [3.63, 3.8) is 0 Å². The highest BCUT2D eigenvalue weighted by atomic mass is 16.1. The van der Waals surface area contributed by atoms with Gasteiger partial charge in [-0.25, -0.2) is 0 Å². The summed E-state index contributed by atoms with van der Waals surface area (Å²) >= 11 is 0. The lowest BCUT2D eigenvalue weighted by Crippen LogP contribution is -2.14. The number of nitrogens with two attached hydrogens (primary N) is 1. The van der Waals surface area contributed by atoms with Crippen LogP contribution in [0, 0.1) is 0 Å². The lowest BCUT2D eigenvalue weighted by Gasteiger charge is -1.85. The number of hydrogen-bond donors (Lipinski definition) is 2. The van der Waals surface area contributed by atoms with Crippen molar-refractivity contribution in [3.8, 4) is 0 Å². The molecule has 0 aliphatic rings. The first-order valence-corrected chi connectivity index (χ1v) is 2.49. The maximum Gasteiger partial charge on any atom is 0.143 e. The molecular weight excluding hydrogens is 104 g/mol. The molecule has 0 atom stereocenters. The maximum atomic E-state index is 9.98. The van der Waals surface area contributed by atoms with E-state index in [2.05, 4.69) is 11.1 Å². The van der Waals surface area contributed by atoms with Crippen LogP contribution in [0.15, 0.2) is 0 Å². The molecule has 0 heterocycles. The van der Waals surface area contributed by atoms with Gasteiger partial charge in [0.25, 0.3) is 0 Å². The number of Topliss-reactive ketones (excluding diaryl/α,β-unsaturated/α-hetero) is 1. The summed E-state index contributed by atoms with van der Waals surface area (Å²) in [7, 11) is 3.25. The van der Waals surface area contributed by atoms with Crippen LogP contribution >= 0.6 is 0 Å². The smallest absolute Gasteiger partial charge is 0.143 e. The van der Waals surface area contributed by atoms with Gasteiger partial charge in [-0.15, -0.1) is 0 Å². The third-order valence-corrected chi connectivity index (χ3v) is 0.426. The van der Waals surface area contributed by atoms with Gasteiger partial charge in [-0.2, -0.15) is 0 Å². The minimum atomic E-state index is 0.178. The van der Waals surface area contributed by atoms with Crippen molar-refractivity contribution < 1.29 is 4.79 Å². The molecule has 50 valence electrons. The second kappa shape index (κ2) is 9.77. The minimum absolute atomic E-state index is 0.178. The second-order valence-electron chi connectivity index (χ2n) is 1.23. The number of nitrogens with one attached hydrogen (secondary N) is 1. The molecule has 0 fully saturated rings. The fraction of sp³-hybridized carbons (Fsp3) is 0.800. The topological polar surface area (TPSA) is 55.1 Å². The normalized spacial score (nSPS) is 7.00. The van der Waals surface area contributed by atoms with Gasteiger partial charge in [-0.05, 0) is 21.0 Å². The average Bonchev–Trinajstić information content (AvgIpc) is 1.72. The van der Waals surface area contributed by atoms with Gasteiger partial charge >= 0.3 is 0 Å². The molecule has 0 aromatic rings. The largest absolute Gasteiger partial charge is 0.333 e. The zero-order chi connectivity index (χ0) is 6.99. The van der Waals surface area contributed by atoms with E-state index in [1.807, 2.05) is 0 Å². The van der Waals surface area contributed by atoms with Crippen LogP contribution in [0.5, 0.6) is 0 Å². The minimum Gasteiger partial charge on any atom is -0.333 e. The third kappa shape index (κ3) is 17.6. The predicted molar refractivity (Wildman–Crippen MR) is 34.7 cm³/mol. The van der Waals surface area contributed by atoms with Gasteiger partial charge < -0.3 is 11.1 Å². The van der Waals surface area contributed by atoms with Crippen molar-refractivity contribution in [1.82, 2.24) is 5.32 Å². The summed E-state index contributed by atoms with van der Waals surface area (Å²) in [5.41, 5.74) is 4.50. The zero-order valence-electron chi connectivity index (χ0n) is 5.69. The predicted octanol–water partition coefficient (Wildman–Crippen LogP) is -0.630. The molecule has 3 heteroatoms. The second-order valence-corrected chi connectivity index (χ2v) is 1.23. The summed E-state index contributed by atoms with van der Waals surface area (Å²) in [5.74, 6) is 0.178. The Bertz CT molecular complexity index is 54.4. The molecule has 0 aliphatic heterocycles. The number of ketones is 1. The SMILES string of the molecule is CN.CNCC(C)=O. The summed E-state index contributed by atoms with van der Waals surface area (Å²) < 4.78 is 0. The fourth-order valence-corrected chi connectivity index (χ4v) is 0.249. The Kier molecular flexibility index (Phi) is 12.9. The zero-order valence-corrected chi connectivity index (χ0v) is 5.69. The van der Waals surface area contributed by atoms with Crippen molar-refractivity contribution in [2.24, 2.45) is 5.73 Å². The van der Waals surface area contributed by atoms with E-state index in [9.17, 15) is 4.79 Å². The Labute approximate surface area is 50.3 Å². The Morgan fingerprint density at radius 3 is 2.00 bits per heavy atom. The first-order chi connectivity index (χ1) is 3.77. The fourth-order valence-electron chi connectivity index (χ4n) is 0.249. The van der Waals surface area contributed by atoms with Gasteiger partial charge in [0.05, 0.1) is 6.54 Å². The highest BCUT2D eigenvalue weighted by Crippen LogP contribution is 1.57. The first kappa shape index (κ1) is 10.5. The number of likely N-dealkylation sites (N-methyl/N-ethyl adjacent to an activating group) is 1. The van der Waals surface area contributed by atoms with E-state index in [-0.39, 0.29) is 5.78 Å². The molecule has 0 aromatic heterocycles. The van der Waals surface area contributed by atoms with Crippen molar-refractivity contribution in [3.05, 3.63) is 0 Å². The highest BCUT2D eigenvalue weighted by Gasteiger charge is 1.82. The molecule has 0 saturated heterocycles. The number of carbonyl (C=O) groups is 1. The lowest BCUT2D eigenvalue weighted by atomic mass is 10.5. The Morgan fingerprint density at radius 2 is 2.00 bits per heavy atom. The van der Waals surface area contributed by atoms with Gasteiger partial charge in [-0.3, -0.25) is 4.79 Å². The van der Waals surface area contributed by atoms with Crippen molar-refractivity contribution in [2.45, 2.75) is 6.92 Å². The monoisotopic (exact) mass is 118 g/mol. The molecule has 0 bridgehead atoms. The Morgan fingerprint density at radius 1 is 1.62 bits per heavy atom. The molecule has 8 heavy (non-hydrogen) atoms. The number of carbonyl (C=O) groups excluding carboxylic acids is 1. The lowest BCUT2D eigenvalue weighted by molar-refractivity contribution is -0.116. The van der Waals surface area contributed by atoms with Crippen LogP contribution in [0.2, 0.25) is 0 Å². The van der Waals surface area contributed by atoms with E-state index in [1.54, 1.807) is 14.0 Å². The first-order valence-electron chi connectivity index (χ1n) is 2.49. The van der Waals surface area contributed by atoms with E-state index >= 15 is 0 Å². The summed E-state index contributed by atoms with van der Waals surface area (Å²) in [6.45, 7) is 2.04. The summed E-state index contributed by atoms with van der Waals surface area (Å²) in [5, 5.41) is 2.72. The van der Waals surface area contributed by atoms with E-state index in [1.165, 1.54) is 7.05 Å². The Balaban J connectivity index is 0. The van der Waals surface area contributed by atoms with Crippen molar-refractivity contribution in [1.29, 1.82) is 0 Å². The molecular formula is C5H14N2O. The van der Waals surface area contributed by atoms with Crippen LogP contribution in [0.1, 0.15) is 6.92 Å². The number of hydrogen-bond acceptors (Lipinski definition) is 3. The maximum absolute atomic E-state index is 9.98. The van der Waals surface area contributed by atoms with Crippen LogP contribution in [0.3, 0.4) is 0 Å². The van der Waals surface area contributed by atoms with Crippen LogP contribution in [-0.4, -0.2) is 26.4 Å². The molecule has 0 aliphatic carbocycles. The van der Waals surface area contributed by atoms with Crippen molar-refractivity contribution >= 4 is 5.78 Å². The molecule has 0 unspecified atom stereocenters. The van der Waals surface area contributed by atoms with Gasteiger partial charge in [-0.1, -0.05) is 0 Å². The van der Waals surface area contributed by atoms with Gasteiger partial charge in [0, 0.05) is 0 Å². The van der Waals surface area contributed by atoms with Crippen molar-refractivity contribution in [2.75, 3.05) is 20.6 Å². The molecule has 0 aromatic carbocycles. The molecule has 0 saturated carbocycles. The molecule has 0 rings (SSSR count). The van der Waals surface area contributed by atoms with E-state index < -0.39 is 0 Å². The highest BCUT2D eigenvalue weighted by molar-refractivity contribution is 5.77. The Hall–Kier alpha value is -0.410. The van der Waals surface area contributed by atoms with E-state index in [0.717, 1.165) is 0 Å². The van der Waals surface area contributed by atoms with E-state index in [4.69, 9.17) is 0 Å². The summed E-state index contributed by atoms with van der Waals surface area (Å²) in [6, 6.07) is 0. The number of rotatable bonds is 2. The summed E-state index contributed by atoms with van der Waals surface area (Å²) in [4.78, 5) is 9.98. The van der Waals surface area contributed by atoms with Gasteiger partial charge in [0.1, 0.15) is 5.78 Å². The van der Waals surface area contributed by atoms with Gasteiger partial charge in [0.15, 0.2) is 0 Å². The molecule has 3 nitrogen and oxygen atoms in total. The quantitative estimate of drug-likeness (QED) is 0.507. The van der Waals surface area contributed by atoms with E-state index in [0.29, 0.717) is 6.54 Å². The van der Waals surface area contributed by atoms with Crippen LogP contribution in [0.25, 0.3) is 0 Å².